The number of hydrogen-bond donors (Lipinski definition) is 1. The van der Waals surface area contributed by atoms with Gasteiger partial charge in [0.2, 0.25) is 0 Å². The maximum absolute atomic E-state index is 12.7. The highest BCUT2D eigenvalue weighted by Gasteiger charge is 2.23. The van der Waals surface area contributed by atoms with Crippen LogP contribution in [0.25, 0.3) is 0 Å². The molecule has 2 rings (SSSR count). The smallest absolute Gasteiger partial charge is 0.123 e. The van der Waals surface area contributed by atoms with Crippen LogP contribution in [0, 0.1) is 5.82 Å². The molecule has 1 nitrogen and oxygen atoms in total. The normalized spacial score (nSPS) is 25.7. The van der Waals surface area contributed by atoms with Crippen molar-refractivity contribution in [3.05, 3.63) is 30.1 Å². The van der Waals surface area contributed by atoms with Crippen molar-refractivity contribution in [2.45, 2.75) is 35.4 Å². The number of nitrogens with one attached hydrogen (secondary N) is 1. The van der Waals surface area contributed by atoms with E-state index in [9.17, 15) is 4.39 Å². The van der Waals surface area contributed by atoms with Crippen LogP contribution in [-0.4, -0.2) is 18.3 Å². The molecule has 1 saturated carbocycles. The lowest BCUT2D eigenvalue weighted by Crippen LogP contribution is -2.21. The zero-order valence-electron chi connectivity index (χ0n) is 8.87. The number of thioether (sulfide) groups is 1. The summed E-state index contributed by atoms with van der Waals surface area (Å²) in [5.41, 5.74) is 0. The third kappa shape index (κ3) is 2.95. The van der Waals surface area contributed by atoms with E-state index in [-0.39, 0.29) is 5.82 Å². The molecule has 0 amide bonds. The molecule has 2 unspecified atom stereocenters. The van der Waals surface area contributed by atoms with Gasteiger partial charge in [0.1, 0.15) is 5.82 Å². The molecular formula is C12H16FNS. The van der Waals surface area contributed by atoms with Crippen LogP contribution in [0.4, 0.5) is 4.39 Å². The molecule has 1 aliphatic rings. The Kier molecular flexibility index (Phi) is 3.65. The molecule has 82 valence electrons. The Balaban J connectivity index is 1.90. The predicted molar refractivity (Wildman–Crippen MR) is 62.7 cm³/mol. The van der Waals surface area contributed by atoms with E-state index in [4.69, 9.17) is 0 Å². The molecule has 0 heterocycles. The summed E-state index contributed by atoms with van der Waals surface area (Å²) in [5.74, 6) is -0.154. The van der Waals surface area contributed by atoms with E-state index in [1.54, 1.807) is 0 Å². The maximum Gasteiger partial charge on any atom is 0.123 e. The van der Waals surface area contributed by atoms with Crippen LogP contribution in [0.2, 0.25) is 0 Å². The standard InChI is InChI=1S/C12H16FNS/c1-14-10-4-7-12(8-10)15-11-5-2-9(13)3-6-11/h2-3,5-6,10,12,14H,4,7-8H2,1H3. The zero-order chi connectivity index (χ0) is 10.7. The summed E-state index contributed by atoms with van der Waals surface area (Å²) < 4.78 is 12.7. The first-order valence-corrected chi connectivity index (χ1v) is 6.25. The summed E-state index contributed by atoms with van der Waals surface area (Å²) in [5, 5.41) is 4.00. The lowest BCUT2D eigenvalue weighted by molar-refractivity contribution is 0.583. The molecule has 0 radical (unpaired) electrons. The predicted octanol–water partition coefficient (Wildman–Crippen LogP) is 3.06. The third-order valence-corrected chi connectivity index (χ3v) is 4.21. The van der Waals surface area contributed by atoms with Gasteiger partial charge in [-0.15, -0.1) is 11.8 Å². The van der Waals surface area contributed by atoms with Crippen LogP contribution in [0.3, 0.4) is 0 Å². The van der Waals surface area contributed by atoms with Gasteiger partial charge in [0, 0.05) is 16.2 Å². The van der Waals surface area contributed by atoms with Gasteiger partial charge in [0.05, 0.1) is 0 Å². The Morgan fingerprint density at radius 2 is 2.00 bits per heavy atom. The fraction of sp³-hybridized carbons (Fsp3) is 0.500. The Bertz CT molecular complexity index is 312. The van der Waals surface area contributed by atoms with Crippen molar-refractivity contribution >= 4 is 11.8 Å². The summed E-state index contributed by atoms with van der Waals surface area (Å²) in [4.78, 5) is 1.18. The van der Waals surface area contributed by atoms with Crippen LogP contribution < -0.4 is 5.32 Å². The van der Waals surface area contributed by atoms with Crippen LogP contribution in [0.15, 0.2) is 29.2 Å². The average Bonchev–Trinajstić information content (AvgIpc) is 2.69. The Hall–Kier alpha value is -0.540. The van der Waals surface area contributed by atoms with E-state index in [2.05, 4.69) is 5.32 Å². The van der Waals surface area contributed by atoms with Crippen molar-refractivity contribution in [1.29, 1.82) is 0 Å². The highest BCUT2D eigenvalue weighted by Crippen LogP contribution is 2.34. The minimum atomic E-state index is -0.154. The van der Waals surface area contributed by atoms with Crippen molar-refractivity contribution in [3.63, 3.8) is 0 Å². The second-order valence-corrected chi connectivity index (χ2v) is 5.37. The molecule has 1 aromatic rings. The molecule has 0 spiro atoms. The average molecular weight is 225 g/mol. The Labute approximate surface area is 94.5 Å². The van der Waals surface area contributed by atoms with E-state index in [1.807, 2.05) is 30.9 Å². The van der Waals surface area contributed by atoms with Gasteiger partial charge >= 0.3 is 0 Å². The molecule has 1 aliphatic carbocycles. The second kappa shape index (κ2) is 4.99. The largest absolute Gasteiger partial charge is 0.317 e. The fourth-order valence-corrected chi connectivity index (χ4v) is 3.28. The van der Waals surface area contributed by atoms with Gasteiger partial charge in [-0.05, 0) is 50.6 Å². The summed E-state index contributed by atoms with van der Waals surface area (Å²) >= 11 is 1.87. The molecule has 1 fully saturated rings. The van der Waals surface area contributed by atoms with Gasteiger partial charge in [-0.3, -0.25) is 0 Å². The summed E-state index contributed by atoms with van der Waals surface area (Å²) in [7, 11) is 2.02. The molecule has 1 N–H and O–H groups in total. The van der Waals surface area contributed by atoms with Gasteiger partial charge in [0.25, 0.3) is 0 Å². The van der Waals surface area contributed by atoms with E-state index < -0.39 is 0 Å². The topological polar surface area (TPSA) is 12.0 Å². The SMILES string of the molecule is CNC1CCC(Sc2ccc(F)cc2)C1. The first-order chi connectivity index (χ1) is 7.28. The quantitative estimate of drug-likeness (QED) is 0.848. The maximum atomic E-state index is 12.7. The van der Waals surface area contributed by atoms with E-state index in [1.165, 1.54) is 36.3 Å². The number of rotatable bonds is 3. The molecule has 15 heavy (non-hydrogen) atoms. The summed E-state index contributed by atoms with van der Waals surface area (Å²) in [6.07, 6.45) is 3.74. The monoisotopic (exact) mass is 225 g/mol. The number of hydrogen-bond acceptors (Lipinski definition) is 2. The van der Waals surface area contributed by atoms with Gasteiger partial charge in [-0.25, -0.2) is 4.39 Å². The van der Waals surface area contributed by atoms with E-state index >= 15 is 0 Å². The molecule has 0 aromatic heterocycles. The van der Waals surface area contributed by atoms with Gasteiger partial charge in [-0.2, -0.15) is 0 Å². The van der Waals surface area contributed by atoms with Crippen molar-refractivity contribution in [2.75, 3.05) is 7.05 Å². The first kappa shape index (κ1) is 11.0. The van der Waals surface area contributed by atoms with Crippen molar-refractivity contribution in [1.82, 2.24) is 5.32 Å². The van der Waals surface area contributed by atoms with Crippen LogP contribution in [0.1, 0.15) is 19.3 Å². The zero-order valence-corrected chi connectivity index (χ0v) is 9.69. The molecule has 0 bridgehead atoms. The second-order valence-electron chi connectivity index (χ2n) is 3.99. The fourth-order valence-electron chi connectivity index (χ4n) is 2.01. The molecular weight excluding hydrogens is 209 g/mol. The van der Waals surface area contributed by atoms with Gasteiger partial charge in [0.15, 0.2) is 0 Å². The summed E-state index contributed by atoms with van der Waals surface area (Å²) in [6.45, 7) is 0. The molecule has 0 aliphatic heterocycles. The Morgan fingerprint density at radius 3 is 2.60 bits per heavy atom. The minimum Gasteiger partial charge on any atom is -0.317 e. The highest BCUT2D eigenvalue weighted by atomic mass is 32.2. The lowest BCUT2D eigenvalue weighted by Gasteiger charge is -2.10. The molecule has 1 aromatic carbocycles. The van der Waals surface area contributed by atoms with Crippen molar-refractivity contribution in [2.24, 2.45) is 0 Å². The van der Waals surface area contributed by atoms with Crippen LogP contribution >= 0.6 is 11.8 Å². The van der Waals surface area contributed by atoms with Gasteiger partial charge in [-0.1, -0.05) is 0 Å². The molecule has 3 heteroatoms. The Morgan fingerprint density at radius 1 is 1.27 bits per heavy atom. The molecule has 2 atom stereocenters. The van der Waals surface area contributed by atoms with Gasteiger partial charge < -0.3 is 5.32 Å². The molecule has 0 saturated heterocycles. The summed E-state index contributed by atoms with van der Waals surface area (Å²) in [6, 6.07) is 7.47. The minimum absolute atomic E-state index is 0.154. The van der Waals surface area contributed by atoms with Crippen LogP contribution in [-0.2, 0) is 0 Å². The van der Waals surface area contributed by atoms with E-state index in [0.29, 0.717) is 11.3 Å². The van der Waals surface area contributed by atoms with Crippen molar-refractivity contribution < 1.29 is 4.39 Å². The number of benzene rings is 1. The van der Waals surface area contributed by atoms with E-state index in [0.717, 1.165) is 0 Å². The third-order valence-electron chi connectivity index (χ3n) is 2.91. The first-order valence-electron chi connectivity index (χ1n) is 5.37. The highest BCUT2D eigenvalue weighted by molar-refractivity contribution is 8.00. The number of halogens is 1. The van der Waals surface area contributed by atoms with Crippen LogP contribution in [0.5, 0.6) is 0 Å². The van der Waals surface area contributed by atoms with Crippen molar-refractivity contribution in [3.8, 4) is 0 Å². The lowest BCUT2D eigenvalue weighted by atomic mass is 10.3.